The lowest BCUT2D eigenvalue weighted by Gasteiger charge is -2.20. The summed E-state index contributed by atoms with van der Waals surface area (Å²) in [6.07, 6.45) is 3.47. The molecule has 0 bridgehead atoms. The minimum Gasteiger partial charge on any atom is -0.462 e. The Morgan fingerprint density at radius 1 is 1.41 bits per heavy atom. The fraction of sp³-hybridized carbons (Fsp3) is 0.538. The molecule has 0 fully saturated rings. The van der Waals surface area contributed by atoms with Crippen molar-refractivity contribution in [2.24, 2.45) is 0 Å². The van der Waals surface area contributed by atoms with E-state index in [9.17, 15) is 4.79 Å². The lowest BCUT2D eigenvalue weighted by atomic mass is 10.2. The monoisotopic (exact) mass is 236 g/mol. The highest BCUT2D eigenvalue weighted by Crippen LogP contribution is 2.03. The minimum atomic E-state index is -0.170. The Balaban J connectivity index is 2.46. The lowest BCUT2D eigenvalue weighted by molar-refractivity contribution is -0.148. The third kappa shape index (κ3) is 5.45. The van der Waals surface area contributed by atoms with Crippen LogP contribution in [0.15, 0.2) is 24.5 Å². The number of aromatic nitrogens is 1. The molecule has 0 aromatic carbocycles. The van der Waals surface area contributed by atoms with Crippen LogP contribution in [0.3, 0.4) is 0 Å². The van der Waals surface area contributed by atoms with Crippen LogP contribution in [0.4, 0.5) is 0 Å². The molecule has 0 aliphatic carbocycles. The summed E-state index contributed by atoms with van der Waals surface area (Å²) in [5, 5.41) is 0. The smallest absolute Gasteiger partial charge is 0.320 e. The fourth-order valence-electron chi connectivity index (χ4n) is 1.51. The summed E-state index contributed by atoms with van der Waals surface area (Å²) in [6.45, 7) is 7.64. The molecule has 1 aromatic rings. The van der Waals surface area contributed by atoms with Gasteiger partial charge in [-0.2, -0.15) is 0 Å². The molecule has 1 aromatic heterocycles. The summed E-state index contributed by atoms with van der Waals surface area (Å²) in [7, 11) is 0. The number of hydrogen-bond donors (Lipinski definition) is 0. The van der Waals surface area contributed by atoms with Gasteiger partial charge >= 0.3 is 5.97 Å². The van der Waals surface area contributed by atoms with E-state index in [1.54, 1.807) is 12.4 Å². The van der Waals surface area contributed by atoms with E-state index in [0.29, 0.717) is 6.54 Å². The van der Waals surface area contributed by atoms with Crippen LogP contribution in [-0.2, 0) is 16.1 Å². The predicted octanol–water partition coefficient (Wildman–Crippen LogP) is 1.86. The van der Waals surface area contributed by atoms with Gasteiger partial charge in [0.1, 0.15) is 0 Å². The first-order chi connectivity index (χ1) is 8.11. The summed E-state index contributed by atoms with van der Waals surface area (Å²) < 4.78 is 5.13. The summed E-state index contributed by atoms with van der Waals surface area (Å²) in [6, 6.07) is 3.91. The molecule has 0 N–H and O–H groups in total. The molecule has 0 aliphatic rings. The molecule has 0 atom stereocenters. The molecule has 17 heavy (non-hydrogen) atoms. The molecule has 0 saturated carbocycles. The van der Waals surface area contributed by atoms with E-state index in [-0.39, 0.29) is 12.1 Å². The Labute approximate surface area is 103 Å². The molecule has 1 rings (SSSR count). The molecule has 0 unspecified atom stereocenters. The number of esters is 1. The molecule has 0 radical (unpaired) electrons. The number of likely N-dealkylation sites (N-methyl/N-ethyl adjacent to an activating group) is 1. The van der Waals surface area contributed by atoms with E-state index in [1.807, 2.05) is 37.8 Å². The molecule has 0 aliphatic heterocycles. The second kappa shape index (κ2) is 7.01. The van der Waals surface area contributed by atoms with Gasteiger partial charge in [-0.05, 0) is 38.1 Å². The van der Waals surface area contributed by atoms with E-state index in [1.165, 1.54) is 0 Å². The highest BCUT2D eigenvalue weighted by atomic mass is 16.5. The van der Waals surface area contributed by atoms with Crippen molar-refractivity contribution in [2.75, 3.05) is 13.1 Å². The Hall–Kier alpha value is -1.42. The summed E-state index contributed by atoms with van der Waals surface area (Å²) >= 11 is 0. The first kappa shape index (κ1) is 13.6. The number of carbonyl (C=O) groups excluding carboxylic acids is 1. The van der Waals surface area contributed by atoms with Gasteiger partial charge in [-0.25, -0.2) is 0 Å². The molecule has 4 heteroatoms. The lowest BCUT2D eigenvalue weighted by Crippen LogP contribution is -2.31. The summed E-state index contributed by atoms with van der Waals surface area (Å²) in [5.74, 6) is -0.170. The average molecular weight is 236 g/mol. The van der Waals surface area contributed by atoms with E-state index in [4.69, 9.17) is 4.74 Å². The third-order valence-electron chi connectivity index (χ3n) is 2.32. The molecule has 0 saturated heterocycles. The molecular formula is C13H20N2O2. The number of pyridine rings is 1. The SMILES string of the molecule is CCN(CC(=O)OC(C)C)Cc1ccncc1. The number of ether oxygens (including phenoxy) is 1. The fourth-order valence-corrected chi connectivity index (χ4v) is 1.51. The zero-order chi connectivity index (χ0) is 12.7. The van der Waals surface area contributed by atoms with Gasteiger partial charge in [-0.1, -0.05) is 6.92 Å². The van der Waals surface area contributed by atoms with E-state index >= 15 is 0 Å². The van der Waals surface area contributed by atoms with Crippen LogP contribution in [0.25, 0.3) is 0 Å². The number of nitrogens with zero attached hydrogens (tertiary/aromatic N) is 2. The quantitative estimate of drug-likeness (QED) is 0.707. The van der Waals surface area contributed by atoms with Crippen molar-refractivity contribution in [3.05, 3.63) is 30.1 Å². The van der Waals surface area contributed by atoms with Crippen LogP contribution in [0.1, 0.15) is 26.3 Å². The predicted molar refractivity (Wildman–Crippen MR) is 66.4 cm³/mol. The highest BCUT2D eigenvalue weighted by molar-refractivity contribution is 5.71. The van der Waals surface area contributed by atoms with E-state index in [2.05, 4.69) is 4.98 Å². The Morgan fingerprint density at radius 3 is 2.59 bits per heavy atom. The minimum absolute atomic E-state index is 0.0536. The van der Waals surface area contributed by atoms with Crippen LogP contribution in [0.2, 0.25) is 0 Å². The van der Waals surface area contributed by atoms with Crippen molar-refractivity contribution in [1.82, 2.24) is 9.88 Å². The third-order valence-corrected chi connectivity index (χ3v) is 2.32. The van der Waals surface area contributed by atoms with Gasteiger partial charge in [0, 0.05) is 18.9 Å². The average Bonchev–Trinajstić information content (AvgIpc) is 2.28. The van der Waals surface area contributed by atoms with Gasteiger partial charge in [0.2, 0.25) is 0 Å². The standard InChI is InChI=1S/C13H20N2O2/c1-4-15(10-13(16)17-11(2)3)9-12-5-7-14-8-6-12/h5-8,11H,4,9-10H2,1-3H3. The van der Waals surface area contributed by atoms with E-state index < -0.39 is 0 Å². The second-order valence-electron chi connectivity index (χ2n) is 4.20. The number of hydrogen-bond acceptors (Lipinski definition) is 4. The van der Waals surface area contributed by atoms with Crippen molar-refractivity contribution < 1.29 is 9.53 Å². The number of rotatable bonds is 6. The van der Waals surface area contributed by atoms with Crippen molar-refractivity contribution in [3.63, 3.8) is 0 Å². The first-order valence-electron chi connectivity index (χ1n) is 5.92. The Morgan fingerprint density at radius 2 is 2.06 bits per heavy atom. The van der Waals surface area contributed by atoms with E-state index in [0.717, 1.165) is 18.7 Å². The molecule has 1 heterocycles. The largest absolute Gasteiger partial charge is 0.462 e. The highest BCUT2D eigenvalue weighted by Gasteiger charge is 2.11. The van der Waals surface area contributed by atoms with Crippen LogP contribution >= 0.6 is 0 Å². The molecule has 4 nitrogen and oxygen atoms in total. The number of carbonyl (C=O) groups is 1. The van der Waals surface area contributed by atoms with Crippen molar-refractivity contribution in [1.29, 1.82) is 0 Å². The van der Waals surface area contributed by atoms with Crippen molar-refractivity contribution >= 4 is 5.97 Å². The summed E-state index contributed by atoms with van der Waals surface area (Å²) in [5.41, 5.74) is 1.15. The normalized spacial score (nSPS) is 10.9. The second-order valence-corrected chi connectivity index (χ2v) is 4.20. The van der Waals surface area contributed by atoms with Gasteiger partial charge in [-0.3, -0.25) is 14.7 Å². The topological polar surface area (TPSA) is 42.4 Å². The maximum atomic E-state index is 11.5. The van der Waals surface area contributed by atoms with Gasteiger partial charge in [-0.15, -0.1) is 0 Å². The van der Waals surface area contributed by atoms with Gasteiger partial charge < -0.3 is 4.74 Å². The van der Waals surface area contributed by atoms with Crippen LogP contribution in [0.5, 0.6) is 0 Å². The molecular weight excluding hydrogens is 216 g/mol. The zero-order valence-corrected chi connectivity index (χ0v) is 10.7. The van der Waals surface area contributed by atoms with Gasteiger partial charge in [0.15, 0.2) is 0 Å². The first-order valence-corrected chi connectivity index (χ1v) is 5.92. The molecule has 0 spiro atoms. The zero-order valence-electron chi connectivity index (χ0n) is 10.7. The maximum Gasteiger partial charge on any atom is 0.320 e. The van der Waals surface area contributed by atoms with Crippen LogP contribution < -0.4 is 0 Å². The maximum absolute atomic E-state index is 11.5. The van der Waals surface area contributed by atoms with Crippen molar-refractivity contribution in [3.8, 4) is 0 Å². The van der Waals surface area contributed by atoms with Crippen LogP contribution in [0, 0.1) is 0 Å². The van der Waals surface area contributed by atoms with Gasteiger partial charge in [0.05, 0.1) is 12.6 Å². The Kier molecular flexibility index (Phi) is 5.63. The molecule has 94 valence electrons. The molecule has 0 amide bonds. The van der Waals surface area contributed by atoms with Gasteiger partial charge in [0.25, 0.3) is 0 Å². The summed E-state index contributed by atoms with van der Waals surface area (Å²) in [4.78, 5) is 17.5. The Bertz CT molecular complexity index is 339. The van der Waals surface area contributed by atoms with Crippen molar-refractivity contribution in [2.45, 2.75) is 33.4 Å². The van der Waals surface area contributed by atoms with Crippen LogP contribution in [-0.4, -0.2) is 35.0 Å².